The molecule has 3 heterocycles. The molecule has 1 amide bonds. The number of nitrogens with one attached hydrogen (secondary N) is 2. The minimum Gasteiger partial charge on any atom is -0.371 e. The number of aromatic amines is 1. The average Bonchev–Trinajstić information content (AvgIpc) is 3.11. The Labute approximate surface area is 139 Å². The number of rotatable bonds is 3. The van der Waals surface area contributed by atoms with E-state index in [9.17, 15) is 4.79 Å². The number of aromatic nitrogens is 3. The Morgan fingerprint density at radius 3 is 3.00 bits per heavy atom. The third-order valence-electron chi connectivity index (χ3n) is 4.39. The Kier molecular flexibility index (Phi) is 3.96. The second-order valence-electron chi connectivity index (χ2n) is 5.93. The maximum atomic E-state index is 12.8. The van der Waals surface area contributed by atoms with E-state index in [1.807, 2.05) is 24.3 Å². The number of fused-ring (bicyclic) bond motifs is 1. The largest absolute Gasteiger partial charge is 0.371 e. The highest BCUT2D eigenvalue weighted by molar-refractivity contribution is 6.05. The summed E-state index contributed by atoms with van der Waals surface area (Å²) in [6.45, 7) is 0.704. The highest BCUT2D eigenvalue weighted by Gasteiger charge is 2.29. The minimum atomic E-state index is -0.147. The number of pyridine rings is 1. The molecule has 1 aliphatic heterocycles. The number of carbonyl (C=O) groups is 1. The van der Waals surface area contributed by atoms with Gasteiger partial charge in [0.05, 0.1) is 23.3 Å². The van der Waals surface area contributed by atoms with Gasteiger partial charge in [-0.2, -0.15) is 5.10 Å². The summed E-state index contributed by atoms with van der Waals surface area (Å²) in [7, 11) is 0. The van der Waals surface area contributed by atoms with Gasteiger partial charge in [0.15, 0.2) is 0 Å². The monoisotopic (exact) mass is 322 g/mol. The molecule has 24 heavy (non-hydrogen) atoms. The molecule has 0 saturated carbocycles. The molecule has 1 saturated heterocycles. The van der Waals surface area contributed by atoms with E-state index in [2.05, 4.69) is 20.5 Å². The Hall–Kier alpha value is -2.73. The van der Waals surface area contributed by atoms with Crippen molar-refractivity contribution in [2.45, 2.75) is 25.0 Å². The zero-order valence-corrected chi connectivity index (χ0v) is 13.1. The maximum absolute atomic E-state index is 12.8. The zero-order chi connectivity index (χ0) is 16.4. The van der Waals surface area contributed by atoms with Crippen LogP contribution >= 0.6 is 0 Å². The fourth-order valence-corrected chi connectivity index (χ4v) is 3.21. The summed E-state index contributed by atoms with van der Waals surface area (Å²) < 4.78 is 5.92. The number of hydrogen-bond acceptors (Lipinski definition) is 4. The molecule has 6 nitrogen and oxygen atoms in total. The predicted octanol–water partition coefficient (Wildman–Crippen LogP) is 2.61. The van der Waals surface area contributed by atoms with Crippen LogP contribution in [0.4, 0.5) is 0 Å². The molecule has 1 fully saturated rings. The van der Waals surface area contributed by atoms with Gasteiger partial charge >= 0.3 is 0 Å². The van der Waals surface area contributed by atoms with Crippen molar-refractivity contribution < 1.29 is 9.53 Å². The first-order valence-electron chi connectivity index (χ1n) is 8.07. The van der Waals surface area contributed by atoms with E-state index in [4.69, 9.17) is 4.74 Å². The summed E-state index contributed by atoms with van der Waals surface area (Å²) >= 11 is 0. The average molecular weight is 322 g/mol. The zero-order valence-electron chi connectivity index (χ0n) is 13.1. The van der Waals surface area contributed by atoms with Gasteiger partial charge in [0.1, 0.15) is 6.10 Å². The van der Waals surface area contributed by atoms with Crippen LogP contribution in [0.1, 0.15) is 34.9 Å². The summed E-state index contributed by atoms with van der Waals surface area (Å²) in [5.74, 6) is -0.112. The third kappa shape index (κ3) is 2.76. The second kappa shape index (κ2) is 6.41. The Balaban J connectivity index is 1.58. The SMILES string of the molecule is O=C(N[C@H]1CCCO[C@@H]1c1ccncc1)c1cccc2cn[nH]c12. The molecule has 0 aliphatic carbocycles. The van der Waals surface area contributed by atoms with Crippen molar-refractivity contribution in [3.63, 3.8) is 0 Å². The molecule has 0 spiro atoms. The number of ether oxygens (including phenoxy) is 1. The van der Waals surface area contributed by atoms with Crippen molar-refractivity contribution in [1.82, 2.24) is 20.5 Å². The molecule has 0 unspecified atom stereocenters. The second-order valence-corrected chi connectivity index (χ2v) is 5.93. The van der Waals surface area contributed by atoms with E-state index in [1.165, 1.54) is 0 Å². The number of nitrogens with zero attached hydrogens (tertiary/aromatic N) is 2. The van der Waals surface area contributed by atoms with Gasteiger partial charge in [0.2, 0.25) is 0 Å². The molecular weight excluding hydrogens is 304 g/mol. The molecule has 122 valence electrons. The molecule has 3 aromatic rings. The highest BCUT2D eigenvalue weighted by atomic mass is 16.5. The molecule has 0 bridgehead atoms. The van der Waals surface area contributed by atoms with Gasteiger partial charge in [0.25, 0.3) is 5.91 Å². The summed E-state index contributed by atoms with van der Waals surface area (Å²) in [6.07, 6.45) is 6.88. The van der Waals surface area contributed by atoms with Crippen molar-refractivity contribution >= 4 is 16.8 Å². The van der Waals surface area contributed by atoms with Crippen molar-refractivity contribution in [2.24, 2.45) is 0 Å². The van der Waals surface area contributed by atoms with Gasteiger partial charge in [-0.25, -0.2) is 0 Å². The number of H-pyrrole nitrogens is 1. The quantitative estimate of drug-likeness (QED) is 0.777. The lowest BCUT2D eigenvalue weighted by Gasteiger charge is -2.32. The normalized spacial score (nSPS) is 20.8. The van der Waals surface area contributed by atoms with E-state index in [-0.39, 0.29) is 18.1 Å². The van der Waals surface area contributed by atoms with Gasteiger partial charge in [-0.3, -0.25) is 14.9 Å². The van der Waals surface area contributed by atoms with Crippen molar-refractivity contribution in [3.8, 4) is 0 Å². The van der Waals surface area contributed by atoms with E-state index >= 15 is 0 Å². The van der Waals surface area contributed by atoms with Gasteiger partial charge < -0.3 is 10.1 Å². The van der Waals surface area contributed by atoms with E-state index in [0.29, 0.717) is 12.2 Å². The smallest absolute Gasteiger partial charge is 0.253 e. The van der Waals surface area contributed by atoms with Crippen molar-refractivity contribution in [1.29, 1.82) is 0 Å². The van der Waals surface area contributed by atoms with Crippen LogP contribution in [0.3, 0.4) is 0 Å². The number of carbonyl (C=O) groups excluding carboxylic acids is 1. The molecule has 0 radical (unpaired) electrons. The fourth-order valence-electron chi connectivity index (χ4n) is 3.21. The van der Waals surface area contributed by atoms with Crippen LogP contribution in [0.2, 0.25) is 0 Å². The molecule has 2 aromatic heterocycles. The number of benzene rings is 1. The molecule has 1 aliphatic rings. The minimum absolute atomic E-state index is 0.0631. The third-order valence-corrected chi connectivity index (χ3v) is 4.39. The first-order chi connectivity index (χ1) is 11.8. The summed E-state index contributed by atoms with van der Waals surface area (Å²) in [6, 6.07) is 9.41. The van der Waals surface area contributed by atoms with Crippen LogP contribution in [0.25, 0.3) is 10.9 Å². The lowest BCUT2D eigenvalue weighted by atomic mass is 9.96. The first-order valence-corrected chi connectivity index (χ1v) is 8.07. The molecule has 1 aromatic carbocycles. The van der Waals surface area contributed by atoms with Crippen molar-refractivity contribution in [2.75, 3.05) is 6.61 Å². The van der Waals surface area contributed by atoms with Crippen LogP contribution < -0.4 is 5.32 Å². The van der Waals surface area contributed by atoms with E-state index < -0.39 is 0 Å². The number of amides is 1. The number of para-hydroxylation sites is 1. The van der Waals surface area contributed by atoms with Gasteiger partial charge in [-0.1, -0.05) is 12.1 Å². The van der Waals surface area contributed by atoms with Crippen LogP contribution in [-0.2, 0) is 4.74 Å². The molecule has 2 atom stereocenters. The molecule has 6 heteroatoms. The standard InChI is InChI=1S/C18H18N4O2/c23-18(14-4-1-3-13-11-20-22-16(13)14)21-15-5-2-10-24-17(15)12-6-8-19-9-7-12/h1,3-4,6-9,11,15,17H,2,5,10H2,(H,20,22)(H,21,23)/t15-,17+/m0/s1. The van der Waals surface area contributed by atoms with Crippen LogP contribution in [-0.4, -0.2) is 33.7 Å². The van der Waals surface area contributed by atoms with Crippen LogP contribution in [0, 0.1) is 0 Å². The first kappa shape index (κ1) is 14.8. The molecule has 4 rings (SSSR count). The van der Waals surface area contributed by atoms with Gasteiger partial charge in [-0.15, -0.1) is 0 Å². The topological polar surface area (TPSA) is 79.9 Å². The van der Waals surface area contributed by atoms with Crippen molar-refractivity contribution in [3.05, 3.63) is 60.0 Å². The molecular formula is C18H18N4O2. The highest BCUT2D eigenvalue weighted by Crippen LogP contribution is 2.28. The Bertz CT molecular complexity index is 846. The Morgan fingerprint density at radius 1 is 1.25 bits per heavy atom. The van der Waals surface area contributed by atoms with Crippen LogP contribution in [0.15, 0.2) is 48.9 Å². The number of hydrogen-bond donors (Lipinski definition) is 2. The Morgan fingerprint density at radius 2 is 2.12 bits per heavy atom. The maximum Gasteiger partial charge on any atom is 0.253 e. The fraction of sp³-hybridized carbons (Fsp3) is 0.278. The van der Waals surface area contributed by atoms with Gasteiger partial charge in [-0.05, 0) is 36.6 Å². The lowest BCUT2D eigenvalue weighted by molar-refractivity contribution is -0.00948. The lowest BCUT2D eigenvalue weighted by Crippen LogP contribution is -2.42. The molecule has 2 N–H and O–H groups in total. The van der Waals surface area contributed by atoms with E-state index in [1.54, 1.807) is 24.7 Å². The predicted molar refractivity (Wildman–Crippen MR) is 89.5 cm³/mol. The van der Waals surface area contributed by atoms with Crippen LogP contribution in [0.5, 0.6) is 0 Å². The summed E-state index contributed by atoms with van der Waals surface area (Å²) in [4.78, 5) is 16.8. The van der Waals surface area contributed by atoms with E-state index in [0.717, 1.165) is 29.3 Å². The summed E-state index contributed by atoms with van der Waals surface area (Å²) in [5.41, 5.74) is 2.39. The van der Waals surface area contributed by atoms with Gasteiger partial charge in [0, 0.05) is 24.4 Å². The summed E-state index contributed by atoms with van der Waals surface area (Å²) in [5, 5.41) is 11.0.